The SMILES string of the molecule is CC(C)CCN1N=C(c2cccc(C(F)(F)F)c2F)OCC1=O. The molecule has 1 aromatic rings. The van der Waals surface area contributed by atoms with Crippen molar-refractivity contribution in [1.82, 2.24) is 5.01 Å². The molecule has 0 aliphatic carbocycles. The fraction of sp³-hybridized carbons (Fsp3) is 0.467. The highest BCUT2D eigenvalue weighted by Crippen LogP contribution is 2.32. The number of hydrogen-bond acceptors (Lipinski definition) is 3. The molecule has 1 aromatic carbocycles. The molecule has 0 radical (unpaired) electrons. The summed E-state index contributed by atoms with van der Waals surface area (Å²) >= 11 is 0. The fourth-order valence-electron chi connectivity index (χ4n) is 2.00. The number of amides is 1. The second-order valence-corrected chi connectivity index (χ2v) is 5.56. The van der Waals surface area contributed by atoms with Crippen molar-refractivity contribution in [3.63, 3.8) is 0 Å². The van der Waals surface area contributed by atoms with Gasteiger partial charge in [0.2, 0.25) is 5.90 Å². The summed E-state index contributed by atoms with van der Waals surface area (Å²) in [7, 11) is 0. The summed E-state index contributed by atoms with van der Waals surface area (Å²) in [5, 5.41) is 4.97. The second kappa shape index (κ2) is 6.55. The van der Waals surface area contributed by atoms with Crippen molar-refractivity contribution >= 4 is 11.8 Å². The molecule has 1 heterocycles. The van der Waals surface area contributed by atoms with Crippen molar-refractivity contribution < 1.29 is 27.1 Å². The highest BCUT2D eigenvalue weighted by atomic mass is 19.4. The molecular weight excluding hydrogens is 316 g/mol. The zero-order valence-electron chi connectivity index (χ0n) is 12.7. The van der Waals surface area contributed by atoms with Gasteiger partial charge in [0.15, 0.2) is 6.61 Å². The highest BCUT2D eigenvalue weighted by molar-refractivity contribution is 5.98. The van der Waals surface area contributed by atoms with E-state index in [9.17, 15) is 22.4 Å². The lowest BCUT2D eigenvalue weighted by molar-refractivity contribution is -0.140. The van der Waals surface area contributed by atoms with Gasteiger partial charge in [0.25, 0.3) is 5.91 Å². The van der Waals surface area contributed by atoms with Crippen molar-refractivity contribution in [2.45, 2.75) is 26.4 Å². The Morgan fingerprint density at radius 2 is 2.04 bits per heavy atom. The van der Waals surface area contributed by atoms with Gasteiger partial charge < -0.3 is 4.74 Å². The molecule has 4 nitrogen and oxygen atoms in total. The Labute approximate surface area is 130 Å². The molecule has 0 atom stereocenters. The van der Waals surface area contributed by atoms with E-state index in [1.807, 2.05) is 13.8 Å². The Balaban J connectivity index is 2.34. The maximum atomic E-state index is 14.1. The van der Waals surface area contributed by atoms with Crippen molar-refractivity contribution in [3.05, 3.63) is 35.1 Å². The van der Waals surface area contributed by atoms with Crippen LogP contribution in [0.1, 0.15) is 31.4 Å². The molecule has 0 aromatic heterocycles. The Morgan fingerprint density at radius 3 is 2.65 bits per heavy atom. The number of hydrazone groups is 1. The number of halogens is 4. The largest absolute Gasteiger partial charge is 0.466 e. The topological polar surface area (TPSA) is 41.9 Å². The molecule has 0 bridgehead atoms. The quantitative estimate of drug-likeness (QED) is 0.793. The number of rotatable bonds is 4. The molecule has 0 N–H and O–H groups in total. The predicted octanol–water partition coefficient (Wildman–Crippen LogP) is 3.41. The van der Waals surface area contributed by atoms with Crippen LogP contribution in [0.4, 0.5) is 17.6 Å². The van der Waals surface area contributed by atoms with E-state index in [1.165, 1.54) is 0 Å². The number of alkyl halides is 3. The average Bonchev–Trinajstić information content (AvgIpc) is 2.45. The minimum absolute atomic E-state index is 0.296. The normalized spacial score (nSPS) is 15.7. The van der Waals surface area contributed by atoms with E-state index in [4.69, 9.17) is 4.74 Å². The van der Waals surface area contributed by atoms with Crippen LogP contribution >= 0.6 is 0 Å². The minimum Gasteiger partial charge on any atom is -0.466 e. The molecular formula is C15H16F4N2O2. The summed E-state index contributed by atoms with van der Waals surface area (Å²) in [6, 6.07) is 2.85. The van der Waals surface area contributed by atoms with E-state index in [0.717, 1.165) is 17.1 Å². The predicted molar refractivity (Wildman–Crippen MR) is 75.1 cm³/mol. The summed E-state index contributed by atoms with van der Waals surface area (Å²) in [5.41, 5.74) is -1.81. The summed E-state index contributed by atoms with van der Waals surface area (Å²) in [6.45, 7) is 3.83. The molecule has 0 fully saturated rings. The van der Waals surface area contributed by atoms with E-state index < -0.39 is 29.0 Å². The van der Waals surface area contributed by atoms with Crippen LogP contribution in [0.3, 0.4) is 0 Å². The molecule has 0 unspecified atom stereocenters. The van der Waals surface area contributed by atoms with Crippen molar-refractivity contribution in [2.24, 2.45) is 11.0 Å². The third-order valence-electron chi connectivity index (χ3n) is 3.28. The van der Waals surface area contributed by atoms with Gasteiger partial charge in [-0.25, -0.2) is 9.40 Å². The molecule has 0 saturated heterocycles. The van der Waals surface area contributed by atoms with Crippen LogP contribution in [0.5, 0.6) is 0 Å². The number of hydrogen-bond donors (Lipinski definition) is 0. The van der Waals surface area contributed by atoms with Gasteiger partial charge in [-0.2, -0.15) is 13.2 Å². The summed E-state index contributed by atoms with van der Waals surface area (Å²) in [5.74, 6) is -1.88. The summed E-state index contributed by atoms with van der Waals surface area (Å²) in [6.07, 6.45) is -4.16. The first-order chi connectivity index (χ1) is 10.7. The van der Waals surface area contributed by atoms with Crippen LogP contribution in [0.2, 0.25) is 0 Å². The summed E-state index contributed by atoms with van der Waals surface area (Å²) in [4.78, 5) is 11.7. The average molecular weight is 332 g/mol. The molecule has 0 saturated carbocycles. The standard InChI is InChI=1S/C15H16F4N2O2/c1-9(2)6-7-21-12(22)8-23-14(20-21)10-4-3-5-11(13(10)16)15(17,18)19/h3-5,9H,6-8H2,1-2H3. The Kier molecular flexibility index (Phi) is 4.91. The zero-order valence-corrected chi connectivity index (χ0v) is 12.7. The number of nitrogens with zero attached hydrogens (tertiary/aromatic N) is 2. The lowest BCUT2D eigenvalue weighted by atomic mass is 10.1. The first-order valence-corrected chi connectivity index (χ1v) is 7.08. The second-order valence-electron chi connectivity index (χ2n) is 5.56. The van der Waals surface area contributed by atoms with Crippen molar-refractivity contribution in [2.75, 3.05) is 13.2 Å². The lowest BCUT2D eigenvalue weighted by Gasteiger charge is -2.24. The molecule has 1 aliphatic heterocycles. The Bertz CT molecular complexity index is 626. The number of benzene rings is 1. The Morgan fingerprint density at radius 1 is 1.35 bits per heavy atom. The van der Waals surface area contributed by atoms with E-state index in [2.05, 4.69) is 5.10 Å². The third kappa shape index (κ3) is 4.00. The lowest BCUT2D eigenvalue weighted by Crippen LogP contribution is -2.38. The van der Waals surface area contributed by atoms with Gasteiger partial charge >= 0.3 is 6.18 Å². The van der Waals surface area contributed by atoms with Crippen LogP contribution in [0.15, 0.2) is 23.3 Å². The first kappa shape index (κ1) is 17.2. The summed E-state index contributed by atoms with van der Waals surface area (Å²) < 4.78 is 57.4. The van der Waals surface area contributed by atoms with Crippen molar-refractivity contribution in [3.8, 4) is 0 Å². The van der Waals surface area contributed by atoms with Crippen LogP contribution < -0.4 is 0 Å². The fourth-order valence-corrected chi connectivity index (χ4v) is 2.00. The Hall–Kier alpha value is -2.12. The minimum atomic E-state index is -4.82. The monoisotopic (exact) mass is 332 g/mol. The van der Waals surface area contributed by atoms with Crippen LogP contribution in [-0.2, 0) is 15.7 Å². The maximum Gasteiger partial charge on any atom is 0.419 e. The third-order valence-corrected chi connectivity index (χ3v) is 3.28. The van der Waals surface area contributed by atoms with Gasteiger partial charge in [0, 0.05) is 6.54 Å². The van der Waals surface area contributed by atoms with E-state index in [-0.39, 0.29) is 12.5 Å². The van der Waals surface area contributed by atoms with Gasteiger partial charge in [-0.1, -0.05) is 19.9 Å². The van der Waals surface area contributed by atoms with Crippen molar-refractivity contribution in [1.29, 1.82) is 0 Å². The smallest absolute Gasteiger partial charge is 0.419 e. The molecule has 0 spiro atoms. The van der Waals surface area contributed by atoms with Crippen LogP contribution in [0, 0.1) is 11.7 Å². The molecule has 1 amide bonds. The highest BCUT2D eigenvalue weighted by Gasteiger charge is 2.36. The number of carbonyl (C=O) groups is 1. The van der Waals surface area contributed by atoms with Crippen LogP contribution in [-0.4, -0.2) is 30.0 Å². The van der Waals surface area contributed by atoms with Gasteiger partial charge in [0.05, 0.1) is 11.1 Å². The van der Waals surface area contributed by atoms with Gasteiger partial charge in [-0.3, -0.25) is 4.79 Å². The number of ether oxygens (including phenoxy) is 1. The van der Waals surface area contributed by atoms with Gasteiger partial charge in [-0.05, 0) is 24.5 Å². The molecule has 1 aliphatic rings. The van der Waals surface area contributed by atoms with E-state index in [0.29, 0.717) is 24.9 Å². The maximum absolute atomic E-state index is 14.1. The molecule has 126 valence electrons. The zero-order chi connectivity index (χ0) is 17.2. The van der Waals surface area contributed by atoms with E-state index >= 15 is 0 Å². The molecule has 8 heteroatoms. The number of carbonyl (C=O) groups excluding carboxylic acids is 1. The first-order valence-electron chi connectivity index (χ1n) is 7.08. The molecule has 2 rings (SSSR count). The molecule has 23 heavy (non-hydrogen) atoms. The van der Waals surface area contributed by atoms with Crippen LogP contribution in [0.25, 0.3) is 0 Å². The van der Waals surface area contributed by atoms with Gasteiger partial charge in [-0.15, -0.1) is 5.10 Å². The van der Waals surface area contributed by atoms with E-state index in [1.54, 1.807) is 0 Å². The van der Waals surface area contributed by atoms with Gasteiger partial charge in [0.1, 0.15) is 5.82 Å².